The van der Waals surface area contributed by atoms with Crippen LogP contribution in [0.3, 0.4) is 0 Å². The van der Waals surface area contributed by atoms with Crippen LogP contribution < -0.4 is 0 Å². The molecule has 0 fully saturated rings. The van der Waals surface area contributed by atoms with Gasteiger partial charge in [-0.2, -0.15) is 0 Å². The molecule has 0 heterocycles. The van der Waals surface area contributed by atoms with Crippen molar-refractivity contribution in [3.8, 4) is 0 Å². The Kier molecular flexibility index (Phi) is 419. The molecule has 0 atom stereocenters. The van der Waals surface area contributed by atoms with Crippen molar-refractivity contribution in [2.45, 2.75) is 182 Å². The van der Waals surface area contributed by atoms with Crippen molar-refractivity contribution in [2.75, 3.05) is 0 Å². The molecule has 0 amide bonds. The van der Waals surface area contributed by atoms with Crippen LogP contribution in [0.1, 0.15) is 182 Å². The third-order valence-corrected chi connectivity index (χ3v) is 0. The summed E-state index contributed by atoms with van der Waals surface area (Å²) < 4.78 is 0. The minimum atomic E-state index is 1.25. The van der Waals surface area contributed by atoms with Crippen molar-refractivity contribution in [1.82, 2.24) is 0 Å². The van der Waals surface area contributed by atoms with Crippen molar-refractivity contribution >= 4 is 0 Å². The van der Waals surface area contributed by atoms with Gasteiger partial charge in [0.2, 0.25) is 0 Å². The third kappa shape index (κ3) is 0. The van der Waals surface area contributed by atoms with Gasteiger partial charge in [-0.15, -0.1) is 0 Å². The molecule has 0 heteroatoms. The molecular formula is C27H72. The second-order valence-electron chi connectivity index (χ2n) is 6.36. The molecule has 0 rings (SSSR count). The van der Waals surface area contributed by atoms with E-state index in [4.69, 9.17) is 0 Å². The van der Waals surface area contributed by atoms with E-state index in [1.54, 1.807) is 0 Å². The summed E-state index contributed by atoms with van der Waals surface area (Å²) in [7, 11) is 0. The highest BCUT2D eigenvalue weighted by molar-refractivity contribution is 3.94. The van der Waals surface area contributed by atoms with Crippen LogP contribution in [-0.4, -0.2) is 0 Å². The van der Waals surface area contributed by atoms with E-state index in [1.165, 1.54) is 57.8 Å². The van der Waals surface area contributed by atoms with Crippen LogP contribution >= 0.6 is 0 Å². The Morgan fingerprint density at radius 2 is 0.148 bits per heavy atom. The first-order chi connectivity index (χ1) is 12.7. The van der Waals surface area contributed by atoms with Gasteiger partial charge in [0.1, 0.15) is 0 Å². The van der Waals surface area contributed by atoms with E-state index in [0.717, 1.165) is 0 Å². The number of hydrogen-bond acceptors (Lipinski definition) is 0. The zero-order chi connectivity index (χ0) is 24.4. The van der Waals surface area contributed by atoms with Crippen LogP contribution in [0.4, 0.5) is 0 Å². The Labute approximate surface area is 182 Å². The molecule has 0 radical (unpaired) electrons. The minimum absolute atomic E-state index is 1.25. The lowest BCUT2D eigenvalue weighted by Gasteiger charge is -1.48. The average Bonchev–Trinajstić information content (AvgIpc) is 2.53. The highest BCUT2D eigenvalue weighted by Crippen LogP contribution is 1.58. The highest BCUT2D eigenvalue weighted by atomic mass is 13.4. The van der Waals surface area contributed by atoms with Crippen LogP contribution in [0.25, 0.3) is 0 Å². The topological polar surface area (TPSA) is 0 Å². The van der Waals surface area contributed by atoms with E-state index in [2.05, 4.69) is 125 Å². The van der Waals surface area contributed by atoms with Crippen molar-refractivity contribution in [3.05, 3.63) is 0 Å². The first-order valence-corrected chi connectivity index (χ1v) is 12.7. The smallest absolute Gasteiger partial charge is 0.0590 e. The molecule has 0 N–H and O–H groups in total. The summed E-state index contributed by atoms with van der Waals surface area (Å²) in [6.45, 7) is 38.2. The SMILES string of the molecule is CCC.CCC.CCC.CCC.CCC.CCC.CCC.CCC.CCC. The fourth-order valence-electron chi connectivity index (χ4n) is 0. The summed E-state index contributed by atoms with van der Waals surface area (Å²) in [5.74, 6) is 0. The Balaban J connectivity index is -0.0000000193. The van der Waals surface area contributed by atoms with E-state index in [1.807, 2.05) is 0 Å². The van der Waals surface area contributed by atoms with E-state index >= 15 is 0 Å². The van der Waals surface area contributed by atoms with Crippen LogP contribution in [0.5, 0.6) is 0 Å². The van der Waals surface area contributed by atoms with Crippen molar-refractivity contribution in [1.29, 1.82) is 0 Å². The summed E-state index contributed by atoms with van der Waals surface area (Å²) >= 11 is 0. The third-order valence-electron chi connectivity index (χ3n) is 0. The fourth-order valence-corrected chi connectivity index (χ4v) is 0. The maximum Gasteiger partial charge on any atom is -0.0590 e. The standard InChI is InChI=1S/9C3H8/c9*1-3-2/h9*3H2,1-2H3. The van der Waals surface area contributed by atoms with Gasteiger partial charge in [-0.3, -0.25) is 0 Å². The predicted octanol–water partition coefficient (Wildman–Crippen LogP) is 12.7. The van der Waals surface area contributed by atoms with Gasteiger partial charge in [0.05, 0.1) is 0 Å². The Morgan fingerprint density at radius 1 is 0.148 bits per heavy atom. The molecule has 0 unspecified atom stereocenters. The highest BCUT2D eigenvalue weighted by Gasteiger charge is 1.38. The van der Waals surface area contributed by atoms with Crippen LogP contribution in [-0.2, 0) is 0 Å². The summed E-state index contributed by atoms with van der Waals surface area (Å²) in [5.41, 5.74) is 0. The quantitative estimate of drug-likeness (QED) is 0.381. The van der Waals surface area contributed by atoms with Gasteiger partial charge in [0.15, 0.2) is 0 Å². The second-order valence-corrected chi connectivity index (χ2v) is 6.36. The lowest BCUT2D eigenvalue weighted by Crippen LogP contribution is -1.27. The summed E-state index contributed by atoms with van der Waals surface area (Å²) in [6.07, 6.45) is 11.2. The molecule has 27 heavy (non-hydrogen) atoms. The maximum absolute atomic E-state index is 2.12. The monoisotopic (exact) mass is 397 g/mol. The lowest BCUT2D eigenvalue weighted by atomic mass is 10.6. The van der Waals surface area contributed by atoms with Gasteiger partial charge in [0, 0.05) is 0 Å². The van der Waals surface area contributed by atoms with Crippen molar-refractivity contribution < 1.29 is 0 Å². The Morgan fingerprint density at radius 3 is 0.148 bits per heavy atom. The Hall–Kier alpha value is 0. The normalized spacial score (nSPS) is 6.00. The average molecular weight is 397 g/mol. The van der Waals surface area contributed by atoms with E-state index in [0.29, 0.717) is 0 Å². The molecule has 0 aliphatic heterocycles. The molecule has 0 aromatic heterocycles. The second kappa shape index (κ2) is 201. The van der Waals surface area contributed by atoms with Crippen molar-refractivity contribution in [3.63, 3.8) is 0 Å². The molecular weight excluding hydrogens is 324 g/mol. The zero-order valence-corrected chi connectivity index (χ0v) is 24.4. The minimum Gasteiger partial charge on any atom is -0.0656 e. The zero-order valence-electron chi connectivity index (χ0n) is 24.4. The number of hydrogen-bond donors (Lipinski definition) is 0. The van der Waals surface area contributed by atoms with Gasteiger partial charge in [-0.1, -0.05) is 182 Å². The van der Waals surface area contributed by atoms with Gasteiger partial charge in [-0.25, -0.2) is 0 Å². The first kappa shape index (κ1) is 56.3. The molecule has 0 saturated carbocycles. The van der Waals surface area contributed by atoms with Gasteiger partial charge < -0.3 is 0 Å². The molecule has 180 valence electrons. The fraction of sp³-hybridized carbons (Fsp3) is 1.00. The molecule has 0 saturated heterocycles. The summed E-state index contributed by atoms with van der Waals surface area (Å²) in [5, 5.41) is 0. The van der Waals surface area contributed by atoms with Crippen LogP contribution in [0.15, 0.2) is 0 Å². The van der Waals surface area contributed by atoms with E-state index < -0.39 is 0 Å². The van der Waals surface area contributed by atoms with E-state index in [-0.39, 0.29) is 0 Å². The predicted molar refractivity (Wildman–Crippen MR) is 144 cm³/mol. The summed E-state index contributed by atoms with van der Waals surface area (Å²) in [4.78, 5) is 0. The van der Waals surface area contributed by atoms with Gasteiger partial charge >= 0.3 is 0 Å². The van der Waals surface area contributed by atoms with E-state index in [9.17, 15) is 0 Å². The Bertz CT molecular complexity index is 28.5. The summed E-state index contributed by atoms with van der Waals surface area (Å²) in [6, 6.07) is 0. The molecule has 0 spiro atoms. The van der Waals surface area contributed by atoms with Crippen molar-refractivity contribution in [2.24, 2.45) is 0 Å². The molecule has 0 aromatic carbocycles. The lowest BCUT2D eigenvalue weighted by molar-refractivity contribution is 1.09. The molecule has 0 nitrogen and oxygen atoms in total. The molecule has 0 aliphatic carbocycles. The molecule has 0 aliphatic rings. The number of rotatable bonds is 0. The largest absolute Gasteiger partial charge is 0.0656 e. The van der Waals surface area contributed by atoms with Gasteiger partial charge in [0.25, 0.3) is 0 Å². The van der Waals surface area contributed by atoms with Crippen LogP contribution in [0.2, 0.25) is 0 Å². The molecule has 0 bridgehead atoms. The van der Waals surface area contributed by atoms with Crippen LogP contribution in [0, 0.1) is 0 Å². The first-order valence-electron chi connectivity index (χ1n) is 12.7. The maximum atomic E-state index is 2.12. The van der Waals surface area contributed by atoms with Gasteiger partial charge in [-0.05, 0) is 0 Å². The molecule has 0 aromatic rings.